The maximum Gasteiger partial charge on any atom is 0.0685 e. The van der Waals surface area contributed by atoms with Crippen LogP contribution in [0.15, 0.2) is 24.4 Å². The van der Waals surface area contributed by atoms with Gasteiger partial charge in [-0.2, -0.15) is 5.10 Å². The zero-order chi connectivity index (χ0) is 18.8. The first-order valence-corrected chi connectivity index (χ1v) is 10.9. The first-order chi connectivity index (χ1) is 13.1. The van der Waals surface area contributed by atoms with Gasteiger partial charge in [0.2, 0.25) is 0 Å². The van der Waals surface area contributed by atoms with Crippen LogP contribution in [0.3, 0.4) is 0 Å². The highest BCUT2D eigenvalue weighted by Gasteiger charge is 2.40. The number of fused-ring (bicyclic) bond motifs is 3. The summed E-state index contributed by atoms with van der Waals surface area (Å²) < 4.78 is 7.81. The van der Waals surface area contributed by atoms with Crippen LogP contribution in [0.25, 0.3) is 10.9 Å². The minimum Gasteiger partial charge on any atom is -0.382 e. The monoisotopic (exact) mass is 369 g/mol. The van der Waals surface area contributed by atoms with Crippen LogP contribution in [0.4, 0.5) is 0 Å². The van der Waals surface area contributed by atoms with E-state index in [0.29, 0.717) is 5.92 Å². The fourth-order valence-electron chi connectivity index (χ4n) is 5.35. The summed E-state index contributed by atoms with van der Waals surface area (Å²) in [6.45, 7) is 10.7. The van der Waals surface area contributed by atoms with Gasteiger partial charge in [-0.1, -0.05) is 19.1 Å². The number of hydrogen-bond acceptors (Lipinski definition) is 3. The molecule has 3 unspecified atom stereocenters. The van der Waals surface area contributed by atoms with E-state index in [1.54, 1.807) is 0 Å². The Bertz CT molecular complexity index is 741. The van der Waals surface area contributed by atoms with Crippen molar-refractivity contribution in [1.29, 1.82) is 0 Å². The molecule has 2 saturated heterocycles. The van der Waals surface area contributed by atoms with E-state index in [1.807, 2.05) is 6.20 Å². The van der Waals surface area contributed by atoms with Gasteiger partial charge in [0.05, 0.1) is 11.7 Å². The summed E-state index contributed by atoms with van der Waals surface area (Å²) in [4.78, 5) is 2.83. The molecule has 0 radical (unpaired) electrons. The molecule has 2 aliphatic heterocycles. The molecule has 1 aromatic heterocycles. The van der Waals surface area contributed by atoms with Crippen molar-refractivity contribution in [2.45, 2.75) is 71.5 Å². The number of aryl methyl sites for hydroxylation is 1. The third kappa shape index (κ3) is 4.22. The van der Waals surface area contributed by atoms with Gasteiger partial charge in [-0.3, -0.25) is 9.58 Å². The first kappa shape index (κ1) is 18.9. The van der Waals surface area contributed by atoms with E-state index < -0.39 is 0 Å². The van der Waals surface area contributed by atoms with Gasteiger partial charge in [-0.25, -0.2) is 0 Å². The second kappa shape index (κ2) is 8.32. The van der Waals surface area contributed by atoms with Crippen molar-refractivity contribution in [2.75, 3.05) is 19.8 Å². The molecule has 4 heteroatoms. The van der Waals surface area contributed by atoms with E-state index in [2.05, 4.69) is 53.7 Å². The standard InChI is InChI=1S/C23H35N3O/c1-4-27-10-9-19-12-21-7-8-22(13-19)25(21)15-18(3)16-26-23-11-17(2)5-6-20(23)14-24-26/h5-6,11,14,18-19,21-22H,4,7-10,12-13,15-16H2,1-3H3. The van der Waals surface area contributed by atoms with Gasteiger partial charge in [-0.15, -0.1) is 0 Å². The Morgan fingerprint density at radius 2 is 1.96 bits per heavy atom. The maximum absolute atomic E-state index is 5.60. The molecule has 0 N–H and O–H groups in total. The summed E-state index contributed by atoms with van der Waals surface area (Å²) in [6.07, 6.45) is 8.80. The second-order valence-corrected chi connectivity index (χ2v) is 8.90. The van der Waals surface area contributed by atoms with Crippen molar-refractivity contribution in [3.05, 3.63) is 30.0 Å². The van der Waals surface area contributed by atoms with Crippen molar-refractivity contribution >= 4 is 10.9 Å². The Labute approximate surface area is 163 Å². The maximum atomic E-state index is 5.60. The Morgan fingerprint density at radius 3 is 2.70 bits per heavy atom. The Hall–Kier alpha value is -1.39. The highest BCUT2D eigenvalue weighted by atomic mass is 16.5. The number of ether oxygens (including phenoxy) is 1. The fraction of sp³-hybridized carbons (Fsp3) is 0.696. The lowest BCUT2D eigenvalue weighted by molar-refractivity contribution is 0.0635. The van der Waals surface area contributed by atoms with Crippen molar-refractivity contribution in [2.24, 2.45) is 11.8 Å². The summed E-state index contributed by atoms with van der Waals surface area (Å²) in [5.41, 5.74) is 2.59. The largest absolute Gasteiger partial charge is 0.382 e. The highest BCUT2D eigenvalue weighted by molar-refractivity contribution is 5.79. The average molecular weight is 370 g/mol. The average Bonchev–Trinajstić information content (AvgIpc) is 3.12. The Kier molecular flexibility index (Phi) is 5.84. The zero-order valence-electron chi connectivity index (χ0n) is 17.2. The van der Waals surface area contributed by atoms with E-state index in [1.165, 1.54) is 55.1 Å². The summed E-state index contributed by atoms with van der Waals surface area (Å²) in [5, 5.41) is 5.91. The number of nitrogens with zero attached hydrogens (tertiary/aromatic N) is 3. The van der Waals surface area contributed by atoms with Crippen LogP contribution in [0, 0.1) is 18.8 Å². The molecular weight excluding hydrogens is 334 g/mol. The quantitative estimate of drug-likeness (QED) is 0.635. The molecule has 4 nitrogen and oxygen atoms in total. The lowest BCUT2D eigenvalue weighted by Crippen LogP contribution is -2.45. The molecule has 0 amide bonds. The van der Waals surface area contributed by atoms with E-state index >= 15 is 0 Å². The molecule has 148 valence electrons. The third-order valence-corrected chi connectivity index (χ3v) is 6.66. The molecule has 4 rings (SSSR count). The Morgan fingerprint density at radius 1 is 1.19 bits per heavy atom. The lowest BCUT2D eigenvalue weighted by Gasteiger charge is -2.40. The van der Waals surface area contributed by atoms with Gasteiger partial charge in [0.15, 0.2) is 0 Å². The smallest absolute Gasteiger partial charge is 0.0685 e. The van der Waals surface area contributed by atoms with Crippen molar-refractivity contribution in [3.63, 3.8) is 0 Å². The molecule has 2 aromatic rings. The minimum atomic E-state index is 0.622. The van der Waals surface area contributed by atoms with Gasteiger partial charge in [-0.05, 0) is 69.4 Å². The van der Waals surface area contributed by atoms with Gasteiger partial charge in [0.25, 0.3) is 0 Å². The van der Waals surface area contributed by atoms with Crippen molar-refractivity contribution in [3.8, 4) is 0 Å². The SMILES string of the molecule is CCOCCC1CC2CCC(C1)N2CC(C)Cn1ncc2ccc(C)cc21. The second-order valence-electron chi connectivity index (χ2n) is 8.90. The van der Waals surface area contributed by atoms with Crippen LogP contribution in [-0.4, -0.2) is 46.5 Å². The number of rotatable bonds is 8. The highest BCUT2D eigenvalue weighted by Crippen LogP contribution is 2.40. The summed E-state index contributed by atoms with van der Waals surface area (Å²) in [7, 11) is 0. The minimum absolute atomic E-state index is 0.622. The van der Waals surface area contributed by atoms with Gasteiger partial charge in [0.1, 0.15) is 0 Å². The molecule has 2 bridgehead atoms. The molecule has 1 aromatic carbocycles. The number of benzene rings is 1. The summed E-state index contributed by atoms with van der Waals surface area (Å²) >= 11 is 0. The van der Waals surface area contributed by atoms with Crippen molar-refractivity contribution < 1.29 is 4.74 Å². The van der Waals surface area contributed by atoms with Gasteiger partial charge < -0.3 is 4.74 Å². The molecule has 2 fully saturated rings. The van der Waals surface area contributed by atoms with Gasteiger partial charge >= 0.3 is 0 Å². The fourth-order valence-corrected chi connectivity index (χ4v) is 5.35. The number of aromatic nitrogens is 2. The topological polar surface area (TPSA) is 30.3 Å². The molecule has 0 saturated carbocycles. The summed E-state index contributed by atoms with van der Waals surface area (Å²) in [5.74, 6) is 1.50. The summed E-state index contributed by atoms with van der Waals surface area (Å²) in [6, 6.07) is 8.23. The third-order valence-electron chi connectivity index (χ3n) is 6.66. The molecule has 3 atom stereocenters. The molecule has 2 aliphatic rings. The number of hydrogen-bond donors (Lipinski definition) is 0. The van der Waals surface area contributed by atoms with Crippen LogP contribution >= 0.6 is 0 Å². The predicted molar refractivity (Wildman–Crippen MR) is 111 cm³/mol. The molecule has 0 spiro atoms. The normalized spacial score (nSPS) is 26.7. The number of piperidine rings is 1. The zero-order valence-corrected chi connectivity index (χ0v) is 17.2. The van der Waals surface area contributed by atoms with E-state index in [-0.39, 0.29) is 0 Å². The van der Waals surface area contributed by atoms with E-state index in [9.17, 15) is 0 Å². The van der Waals surface area contributed by atoms with Crippen LogP contribution < -0.4 is 0 Å². The van der Waals surface area contributed by atoms with Crippen LogP contribution in [0.1, 0.15) is 51.5 Å². The predicted octanol–water partition coefficient (Wildman–Crippen LogP) is 4.65. The molecule has 0 aliphatic carbocycles. The van der Waals surface area contributed by atoms with E-state index in [0.717, 1.165) is 37.8 Å². The van der Waals surface area contributed by atoms with Crippen molar-refractivity contribution in [1.82, 2.24) is 14.7 Å². The van der Waals surface area contributed by atoms with Gasteiger partial charge in [0, 0.05) is 43.8 Å². The Balaban J connectivity index is 1.34. The van der Waals surface area contributed by atoms with Crippen LogP contribution in [0.5, 0.6) is 0 Å². The first-order valence-electron chi connectivity index (χ1n) is 10.9. The van der Waals surface area contributed by atoms with Crippen LogP contribution in [0.2, 0.25) is 0 Å². The molecule has 3 heterocycles. The lowest BCUT2D eigenvalue weighted by atomic mass is 9.88. The molecular formula is C23H35N3O. The van der Waals surface area contributed by atoms with Crippen LogP contribution in [-0.2, 0) is 11.3 Å². The van der Waals surface area contributed by atoms with E-state index in [4.69, 9.17) is 4.74 Å². The molecule has 27 heavy (non-hydrogen) atoms.